The number of hydrogen-bond acceptors (Lipinski definition) is 5. The Labute approximate surface area is 187 Å². The molecule has 3 unspecified atom stereocenters. The number of rotatable bonds is 6. The van der Waals surface area contributed by atoms with Crippen molar-refractivity contribution in [2.75, 3.05) is 39.3 Å². The van der Waals surface area contributed by atoms with Crippen molar-refractivity contribution < 1.29 is 9.84 Å². The van der Waals surface area contributed by atoms with Gasteiger partial charge in [-0.2, -0.15) is 0 Å². The molecule has 0 spiro atoms. The van der Waals surface area contributed by atoms with Gasteiger partial charge in [0.1, 0.15) is 6.10 Å². The van der Waals surface area contributed by atoms with Crippen molar-refractivity contribution in [2.24, 2.45) is 4.99 Å². The normalized spacial score (nSPS) is 23.4. The van der Waals surface area contributed by atoms with E-state index in [9.17, 15) is 5.11 Å². The van der Waals surface area contributed by atoms with E-state index in [1.165, 1.54) is 16.9 Å². The van der Waals surface area contributed by atoms with Gasteiger partial charge in [-0.3, -0.25) is 9.89 Å². The first-order valence-electron chi connectivity index (χ1n) is 10.5. The maximum atomic E-state index is 10.5. The van der Waals surface area contributed by atoms with Gasteiger partial charge in [0.2, 0.25) is 0 Å². The van der Waals surface area contributed by atoms with Crippen LogP contribution >= 0.6 is 22.9 Å². The minimum Gasteiger partial charge on any atom is -0.386 e. The molecule has 6 nitrogen and oxygen atoms in total. The Morgan fingerprint density at radius 3 is 2.87 bits per heavy atom. The average molecular weight is 449 g/mol. The monoisotopic (exact) mass is 448 g/mol. The maximum absolute atomic E-state index is 10.5. The number of morpholine rings is 1. The molecule has 2 aliphatic heterocycles. The predicted molar refractivity (Wildman–Crippen MR) is 122 cm³/mol. The maximum Gasteiger partial charge on any atom is 0.194 e. The second kappa shape index (κ2) is 10.1. The number of halogens is 1. The summed E-state index contributed by atoms with van der Waals surface area (Å²) in [5, 5.41) is 13.9. The molecule has 1 aromatic carbocycles. The van der Waals surface area contributed by atoms with Crippen molar-refractivity contribution >= 4 is 28.9 Å². The van der Waals surface area contributed by atoms with Gasteiger partial charge in [-0.1, -0.05) is 41.9 Å². The Hall–Kier alpha value is -1.64. The molecular formula is C22H29ClN4O2S. The Balaban J connectivity index is 1.42. The van der Waals surface area contributed by atoms with E-state index in [2.05, 4.69) is 52.4 Å². The molecule has 30 heavy (non-hydrogen) atoms. The molecule has 2 N–H and O–H groups in total. The quantitative estimate of drug-likeness (QED) is 0.525. The lowest BCUT2D eigenvalue weighted by molar-refractivity contribution is -0.0502. The summed E-state index contributed by atoms with van der Waals surface area (Å²) in [6.07, 6.45) is -0.473. The summed E-state index contributed by atoms with van der Waals surface area (Å²) in [5.74, 6) is 0.830. The highest BCUT2D eigenvalue weighted by Gasteiger charge is 2.41. The van der Waals surface area contributed by atoms with E-state index < -0.39 is 6.10 Å². The third-order valence-corrected chi connectivity index (χ3v) is 6.95. The highest BCUT2D eigenvalue weighted by molar-refractivity contribution is 7.16. The second-order valence-electron chi connectivity index (χ2n) is 7.69. The number of ether oxygens (including phenoxy) is 1. The Bertz CT molecular complexity index is 847. The van der Waals surface area contributed by atoms with Crippen molar-refractivity contribution in [1.29, 1.82) is 0 Å². The summed E-state index contributed by atoms with van der Waals surface area (Å²) in [5.41, 5.74) is 1.33. The molecule has 0 radical (unpaired) electrons. The SMILES string of the molecule is CCNC(=NCC(O)c1ccc(Cl)s1)N1CC2OCCN(Cc3ccccc3)C2C1. The molecule has 2 fully saturated rings. The predicted octanol–water partition coefficient (Wildman–Crippen LogP) is 2.99. The van der Waals surface area contributed by atoms with Crippen LogP contribution in [0, 0.1) is 0 Å². The minimum atomic E-state index is -0.646. The van der Waals surface area contributed by atoms with Crippen LogP contribution in [-0.4, -0.2) is 72.3 Å². The number of hydrogen-bond donors (Lipinski definition) is 2. The van der Waals surface area contributed by atoms with Crippen LogP contribution in [0.25, 0.3) is 0 Å². The highest BCUT2D eigenvalue weighted by atomic mass is 35.5. The average Bonchev–Trinajstić information content (AvgIpc) is 3.38. The van der Waals surface area contributed by atoms with Gasteiger partial charge >= 0.3 is 0 Å². The Morgan fingerprint density at radius 1 is 1.30 bits per heavy atom. The van der Waals surface area contributed by atoms with Crippen molar-refractivity contribution in [3.05, 3.63) is 57.2 Å². The van der Waals surface area contributed by atoms with Gasteiger partial charge in [-0.05, 0) is 24.6 Å². The first-order valence-corrected chi connectivity index (χ1v) is 11.7. The van der Waals surface area contributed by atoms with Crippen LogP contribution in [0.4, 0.5) is 0 Å². The van der Waals surface area contributed by atoms with E-state index in [1.807, 2.05) is 12.1 Å². The topological polar surface area (TPSA) is 60.3 Å². The van der Waals surface area contributed by atoms with Crippen LogP contribution < -0.4 is 5.32 Å². The summed E-state index contributed by atoms with van der Waals surface area (Å²) in [7, 11) is 0. The van der Waals surface area contributed by atoms with Gasteiger partial charge in [0.05, 0.1) is 29.6 Å². The van der Waals surface area contributed by atoms with Crippen molar-refractivity contribution in [1.82, 2.24) is 15.1 Å². The fourth-order valence-corrected chi connectivity index (χ4v) is 5.18. The summed E-state index contributed by atoms with van der Waals surface area (Å²) in [4.78, 5) is 10.3. The molecule has 2 aliphatic rings. The van der Waals surface area contributed by atoms with E-state index in [4.69, 9.17) is 21.3 Å². The molecule has 162 valence electrons. The molecule has 3 heterocycles. The summed E-state index contributed by atoms with van der Waals surface area (Å²) < 4.78 is 6.78. The number of nitrogens with one attached hydrogen (secondary N) is 1. The molecule has 2 saturated heterocycles. The number of aliphatic hydroxyl groups is 1. The molecule has 4 rings (SSSR count). The van der Waals surface area contributed by atoms with Crippen LogP contribution in [0.5, 0.6) is 0 Å². The Morgan fingerprint density at radius 2 is 2.13 bits per heavy atom. The van der Waals surface area contributed by atoms with Crippen LogP contribution in [0.1, 0.15) is 23.5 Å². The first kappa shape index (κ1) is 21.6. The van der Waals surface area contributed by atoms with Gasteiger partial charge in [0, 0.05) is 37.6 Å². The summed E-state index contributed by atoms with van der Waals surface area (Å²) in [6.45, 7) is 7.45. The van der Waals surface area contributed by atoms with Crippen LogP contribution in [-0.2, 0) is 11.3 Å². The van der Waals surface area contributed by atoms with E-state index in [-0.39, 0.29) is 6.10 Å². The van der Waals surface area contributed by atoms with Crippen molar-refractivity contribution in [2.45, 2.75) is 31.7 Å². The fraction of sp³-hybridized carbons (Fsp3) is 0.500. The first-order chi connectivity index (χ1) is 14.6. The number of aliphatic imine (C=N–C) groups is 1. The molecule has 1 aromatic heterocycles. The zero-order chi connectivity index (χ0) is 20.9. The molecule has 0 amide bonds. The van der Waals surface area contributed by atoms with E-state index >= 15 is 0 Å². The van der Waals surface area contributed by atoms with E-state index in [0.29, 0.717) is 16.9 Å². The minimum absolute atomic E-state index is 0.173. The lowest BCUT2D eigenvalue weighted by Crippen LogP contribution is -2.50. The van der Waals surface area contributed by atoms with E-state index in [0.717, 1.165) is 50.2 Å². The molecule has 8 heteroatoms. The van der Waals surface area contributed by atoms with Crippen LogP contribution in [0.15, 0.2) is 47.5 Å². The van der Waals surface area contributed by atoms with Crippen molar-refractivity contribution in [3.8, 4) is 0 Å². The summed E-state index contributed by atoms with van der Waals surface area (Å²) >= 11 is 7.39. The van der Waals surface area contributed by atoms with Crippen LogP contribution in [0.3, 0.4) is 0 Å². The fourth-order valence-electron chi connectivity index (χ4n) is 4.14. The van der Waals surface area contributed by atoms with Crippen molar-refractivity contribution in [3.63, 3.8) is 0 Å². The van der Waals surface area contributed by atoms with Crippen LogP contribution in [0.2, 0.25) is 4.34 Å². The Kier molecular flexibility index (Phi) is 7.28. The zero-order valence-corrected chi connectivity index (χ0v) is 18.8. The van der Waals surface area contributed by atoms with E-state index in [1.54, 1.807) is 0 Å². The lowest BCUT2D eigenvalue weighted by atomic mass is 10.1. The number of nitrogens with zero attached hydrogens (tertiary/aromatic N) is 3. The number of guanidine groups is 1. The standard InChI is InChI=1S/C22H29ClN4O2S/c1-2-24-22(25-12-18(28)20-8-9-21(23)30-20)27-14-17-19(15-27)29-11-10-26(17)13-16-6-4-3-5-7-16/h3-9,17-19,28H,2,10-15H2,1H3,(H,24,25). The number of fused-ring (bicyclic) bond motifs is 1. The summed E-state index contributed by atoms with van der Waals surface area (Å²) in [6, 6.07) is 14.6. The third-order valence-electron chi connectivity index (χ3n) is 5.62. The number of aliphatic hydroxyl groups excluding tert-OH is 1. The zero-order valence-electron chi connectivity index (χ0n) is 17.2. The largest absolute Gasteiger partial charge is 0.386 e. The molecule has 0 aliphatic carbocycles. The molecule has 0 saturated carbocycles. The van der Waals surface area contributed by atoms with Gasteiger partial charge in [-0.15, -0.1) is 11.3 Å². The van der Waals surface area contributed by atoms with Gasteiger partial charge < -0.3 is 20.1 Å². The molecule has 2 aromatic rings. The second-order valence-corrected chi connectivity index (χ2v) is 9.44. The van der Waals surface area contributed by atoms with Gasteiger partial charge in [-0.25, -0.2) is 0 Å². The molecule has 0 bridgehead atoms. The number of benzene rings is 1. The van der Waals surface area contributed by atoms with Gasteiger partial charge in [0.25, 0.3) is 0 Å². The molecule has 3 atom stereocenters. The smallest absolute Gasteiger partial charge is 0.194 e. The highest BCUT2D eigenvalue weighted by Crippen LogP contribution is 2.28. The number of thiophene rings is 1. The number of likely N-dealkylation sites (tertiary alicyclic amines) is 1. The van der Waals surface area contributed by atoms with Gasteiger partial charge in [0.15, 0.2) is 5.96 Å². The third kappa shape index (κ3) is 5.15. The molecular weight excluding hydrogens is 420 g/mol. The lowest BCUT2D eigenvalue weighted by Gasteiger charge is -2.36.